The van der Waals surface area contributed by atoms with E-state index in [9.17, 15) is 14.0 Å². The Morgan fingerprint density at radius 2 is 1.90 bits per heavy atom. The molecule has 2 aromatic rings. The lowest BCUT2D eigenvalue weighted by Gasteiger charge is -2.10. The van der Waals surface area contributed by atoms with Gasteiger partial charge in [-0.2, -0.15) is 5.26 Å². The van der Waals surface area contributed by atoms with E-state index in [0.29, 0.717) is 11.8 Å². The number of nitriles is 1. The molecular formula is C24H19BrFNO3. The highest BCUT2D eigenvalue weighted by atomic mass is 79.9. The topological polar surface area (TPSA) is 67.2 Å². The summed E-state index contributed by atoms with van der Waals surface area (Å²) >= 11 is 3.47. The molecule has 0 amide bonds. The van der Waals surface area contributed by atoms with Crippen LogP contribution in [0.4, 0.5) is 4.39 Å². The maximum atomic E-state index is 12.6. The summed E-state index contributed by atoms with van der Waals surface area (Å²) in [6.07, 6.45) is 7.51. The van der Waals surface area contributed by atoms with E-state index in [1.807, 2.05) is 18.2 Å². The summed E-state index contributed by atoms with van der Waals surface area (Å²) in [4.78, 5) is 21.9. The summed E-state index contributed by atoms with van der Waals surface area (Å²) in [7, 11) is 0. The quantitative estimate of drug-likeness (QED) is 0.421. The highest BCUT2D eigenvalue weighted by Crippen LogP contribution is 2.36. The van der Waals surface area contributed by atoms with Gasteiger partial charge in [-0.25, -0.2) is 9.18 Å². The lowest BCUT2D eigenvalue weighted by Crippen LogP contribution is -2.01. The summed E-state index contributed by atoms with van der Waals surface area (Å²) in [5.41, 5.74) is 3.47. The first kappa shape index (κ1) is 21.7. The molecule has 1 aliphatic heterocycles. The molecule has 1 aliphatic carbocycles. The number of benzene rings is 2. The largest absolute Gasteiger partial charge is 0.423 e. The first-order valence-corrected chi connectivity index (χ1v) is 10.3. The van der Waals surface area contributed by atoms with Gasteiger partial charge in [-0.05, 0) is 74.1 Å². The number of carbonyl (C=O) groups is 2. The molecule has 30 heavy (non-hydrogen) atoms. The summed E-state index contributed by atoms with van der Waals surface area (Å²) in [6, 6.07) is 13.5. The Morgan fingerprint density at radius 1 is 1.13 bits per heavy atom. The molecule has 0 saturated carbocycles. The molecule has 2 aromatic carbocycles. The number of aldehydes is 1. The minimum absolute atomic E-state index is 0.102. The normalized spacial score (nSPS) is 16.3. The van der Waals surface area contributed by atoms with Crippen LogP contribution in [0.5, 0.6) is 0 Å². The molecular weight excluding hydrogens is 449 g/mol. The van der Waals surface area contributed by atoms with Crippen LogP contribution in [0.15, 0.2) is 69.9 Å². The van der Waals surface area contributed by atoms with E-state index in [0.717, 1.165) is 59.5 Å². The molecule has 0 spiro atoms. The molecule has 0 radical (unpaired) electrons. The molecule has 0 fully saturated rings. The molecule has 0 N–H and O–H groups in total. The van der Waals surface area contributed by atoms with Crippen LogP contribution in [0.3, 0.4) is 0 Å². The highest BCUT2D eigenvalue weighted by molar-refractivity contribution is 9.10. The Balaban J connectivity index is 0.000000199. The highest BCUT2D eigenvalue weighted by Gasteiger charge is 2.30. The molecule has 0 aromatic heterocycles. The Kier molecular flexibility index (Phi) is 7.31. The van der Waals surface area contributed by atoms with Crippen molar-refractivity contribution >= 4 is 28.2 Å². The predicted octanol–water partition coefficient (Wildman–Crippen LogP) is 5.81. The lowest BCUT2D eigenvalue weighted by molar-refractivity contribution is -0.133. The third-order valence-electron chi connectivity index (χ3n) is 4.87. The molecule has 0 saturated heterocycles. The molecule has 1 heterocycles. The van der Waals surface area contributed by atoms with Gasteiger partial charge in [0.1, 0.15) is 23.9 Å². The lowest BCUT2D eigenvalue weighted by atomic mass is 9.92. The minimum Gasteiger partial charge on any atom is -0.423 e. The SMILES string of the molecule is N#Cc1cc(C=O)ccc1F.O=C1OC(=CCc2cccc(Br)c2)C2=C1CCCC2. The molecule has 152 valence electrons. The van der Waals surface area contributed by atoms with Crippen LogP contribution in [0, 0.1) is 17.1 Å². The Bertz CT molecular complexity index is 1080. The predicted molar refractivity (Wildman–Crippen MR) is 114 cm³/mol. The first-order valence-electron chi connectivity index (χ1n) is 9.56. The third kappa shape index (κ3) is 5.31. The van der Waals surface area contributed by atoms with E-state index in [2.05, 4.69) is 28.1 Å². The van der Waals surface area contributed by atoms with Gasteiger partial charge in [0.05, 0.1) is 5.56 Å². The number of hydrogen-bond acceptors (Lipinski definition) is 4. The fourth-order valence-electron chi connectivity index (χ4n) is 3.37. The van der Waals surface area contributed by atoms with E-state index in [1.165, 1.54) is 17.7 Å². The summed E-state index contributed by atoms with van der Waals surface area (Å²) in [6.45, 7) is 0. The average molecular weight is 468 g/mol. The number of rotatable bonds is 3. The Morgan fingerprint density at radius 3 is 2.60 bits per heavy atom. The van der Waals surface area contributed by atoms with Gasteiger partial charge in [0, 0.05) is 21.2 Å². The van der Waals surface area contributed by atoms with Crippen LogP contribution >= 0.6 is 15.9 Å². The number of esters is 1. The van der Waals surface area contributed by atoms with Crippen LogP contribution in [0.25, 0.3) is 0 Å². The van der Waals surface area contributed by atoms with Gasteiger partial charge < -0.3 is 4.74 Å². The standard InChI is InChI=1S/C16H15BrO2.C8H4FNO/c17-12-5-3-4-11(10-12)8-9-15-13-6-1-2-7-14(13)16(18)19-15;9-8-2-1-6(5-11)3-7(8)4-10/h3-5,9-10H,1-2,6-8H2;1-3,5H. The van der Waals surface area contributed by atoms with Gasteiger partial charge in [-0.3, -0.25) is 4.79 Å². The average Bonchev–Trinajstić information content (AvgIpc) is 3.09. The molecule has 0 bridgehead atoms. The van der Waals surface area contributed by atoms with Crippen LogP contribution in [-0.4, -0.2) is 12.3 Å². The van der Waals surface area contributed by atoms with E-state index in [4.69, 9.17) is 10.00 Å². The number of halogens is 2. The molecule has 6 heteroatoms. The zero-order valence-corrected chi connectivity index (χ0v) is 17.7. The number of carbonyl (C=O) groups excluding carboxylic acids is 2. The van der Waals surface area contributed by atoms with E-state index in [1.54, 1.807) is 6.07 Å². The minimum atomic E-state index is -0.599. The zero-order valence-electron chi connectivity index (χ0n) is 16.2. The van der Waals surface area contributed by atoms with Crippen molar-refractivity contribution in [3.63, 3.8) is 0 Å². The number of cyclic esters (lactones) is 1. The molecule has 4 nitrogen and oxygen atoms in total. The molecule has 0 unspecified atom stereocenters. The van der Waals surface area contributed by atoms with Crippen molar-refractivity contribution in [2.24, 2.45) is 0 Å². The Labute approximate surface area is 182 Å². The van der Waals surface area contributed by atoms with Gasteiger partial charge in [-0.15, -0.1) is 0 Å². The monoisotopic (exact) mass is 467 g/mol. The number of hydrogen-bond donors (Lipinski definition) is 0. The van der Waals surface area contributed by atoms with Crippen LogP contribution in [0.2, 0.25) is 0 Å². The summed E-state index contributed by atoms with van der Waals surface area (Å²) in [5.74, 6) is 0.0629. The van der Waals surface area contributed by atoms with Crippen molar-refractivity contribution in [2.45, 2.75) is 32.1 Å². The van der Waals surface area contributed by atoms with E-state index < -0.39 is 5.82 Å². The van der Waals surface area contributed by atoms with Crippen molar-refractivity contribution in [3.8, 4) is 6.07 Å². The van der Waals surface area contributed by atoms with Crippen LogP contribution in [-0.2, 0) is 16.0 Å². The van der Waals surface area contributed by atoms with Crippen LogP contribution in [0.1, 0.15) is 47.2 Å². The van der Waals surface area contributed by atoms with Crippen molar-refractivity contribution in [1.82, 2.24) is 0 Å². The number of nitrogens with zero attached hydrogens (tertiary/aromatic N) is 1. The smallest absolute Gasteiger partial charge is 0.339 e. The molecule has 0 atom stereocenters. The Hall–Kier alpha value is -3.04. The van der Waals surface area contributed by atoms with Crippen molar-refractivity contribution < 1.29 is 18.7 Å². The summed E-state index contributed by atoms with van der Waals surface area (Å²) in [5, 5.41) is 8.33. The van der Waals surface area contributed by atoms with Crippen molar-refractivity contribution in [3.05, 3.63) is 92.4 Å². The van der Waals surface area contributed by atoms with E-state index in [-0.39, 0.29) is 11.5 Å². The molecule has 4 rings (SSSR count). The number of allylic oxidation sites excluding steroid dienone is 2. The number of ether oxygens (including phenoxy) is 1. The second-order valence-electron chi connectivity index (χ2n) is 6.93. The molecule has 2 aliphatic rings. The second-order valence-corrected chi connectivity index (χ2v) is 7.84. The first-order chi connectivity index (χ1) is 14.5. The maximum Gasteiger partial charge on any atom is 0.339 e. The van der Waals surface area contributed by atoms with Crippen molar-refractivity contribution in [2.75, 3.05) is 0 Å². The fraction of sp³-hybridized carbons (Fsp3) is 0.208. The van der Waals surface area contributed by atoms with Gasteiger partial charge in [0.25, 0.3) is 0 Å². The van der Waals surface area contributed by atoms with Gasteiger partial charge in [0.15, 0.2) is 0 Å². The fourth-order valence-corrected chi connectivity index (χ4v) is 3.81. The van der Waals surface area contributed by atoms with Gasteiger partial charge in [0.2, 0.25) is 0 Å². The van der Waals surface area contributed by atoms with Crippen molar-refractivity contribution in [1.29, 1.82) is 5.26 Å². The van der Waals surface area contributed by atoms with Gasteiger partial charge >= 0.3 is 5.97 Å². The summed E-state index contributed by atoms with van der Waals surface area (Å²) < 4.78 is 19.0. The van der Waals surface area contributed by atoms with Crippen LogP contribution < -0.4 is 0 Å². The van der Waals surface area contributed by atoms with E-state index >= 15 is 0 Å². The third-order valence-corrected chi connectivity index (χ3v) is 5.37. The zero-order chi connectivity index (χ0) is 21.5. The second kappa shape index (κ2) is 10.1. The maximum absolute atomic E-state index is 12.6. The van der Waals surface area contributed by atoms with Gasteiger partial charge in [-0.1, -0.05) is 28.1 Å².